The van der Waals surface area contributed by atoms with Gasteiger partial charge in [-0.15, -0.1) is 0 Å². The van der Waals surface area contributed by atoms with Gasteiger partial charge in [0.05, 0.1) is 30.6 Å². The monoisotopic (exact) mass is 383 g/mol. The number of allylic oxidation sites excluding steroid dienone is 1. The van der Waals surface area contributed by atoms with Crippen LogP contribution in [0, 0.1) is 0 Å². The summed E-state index contributed by atoms with van der Waals surface area (Å²) < 4.78 is 47.9. The average molecular weight is 383 g/mol. The molecule has 6 nitrogen and oxygen atoms in total. The zero-order chi connectivity index (χ0) is 20.8. The van der Waals surface area contributed by atoms with E-state index in [9.17, 15) is 18.0 Å². The number of nitrogens with two attached hydrogens (primary N) is 2. The highest BCUT2D eigenvalue weighted by Gasteiger charge is 2.30. The first-order valence-electron chi connectivity index (χ1n) is 7.64. The summed E-state index contributed by atoms with van der Waals surface area (Å²) in [5.41, 5.74) is 10.2. The summed E-state index contributed by atoms with van der Waals surface area (Å²) in [5.74, 6) is -1.20. The van der Waals surface area contributed by atoms with Crippen molar-refractivity contribution in [1.29, 1.82) is 0 Å². The summed E-state index contributed by atoms with van der Waals surface area (Å²) in [6.45, 7) is 9.22. The second-order valence-corrected chi connectivity index (χ2v) is 5.16. The lowest BCUT2D eigenvalue weighted by Gasteiger charge is -2.14. The molecule has 0 aliphatic rings. The molecule has 1 aromatic rings. The van der Waals surface area contributed by atoms with Gasteiger partial charge in [-0.2, -0.15) is 13.2 Å². The first-order chi connectivity index (χ1) is 12.5. The summed E-state index contributed by atoms with van der Waals surface area (Å²) in [6, 6.07) is 4.11. The number of carbonyl (C=O) groups excluding carboxylic acids is 1. The second-order valence-electron chi connectivity index (χ2n) is 5.16. The molecule has 0 spiro atoms. The summed E-state index contributed by atoms with van der Waals surface area (Å²) >= 11 is 0. The molecular weight excluding hydrogens is 363 g/mol. The number of hydrogen-bond acceptors (Lipinski definition) is 6. The maximum absolute atomic E-state index is 12.7. The number of alkyl halides is 3. The van der Waals surface area contributed by atoms with E-state index in [1.165, 1.54) is 12.1 Å². The topological polar surface area (TPSA) is 99.9 Å². The Bertz CT molecular complexity index is 790. The maximum atomic E-state index is 12.7. The third-order valence-corrected chi connectivity index (χ3v) is 3.29. The van der Waals surface area contributed by atoms with Crippen LogP contribution in [0.25, 0.3) is 5.70 Å². The van der Waals surface area contributed by atoms with Crippen molar-refractivity contribution in [3.63, 3.8) is 0 Å². The van der Waals surface area contributed by atoms with Gasteiger partial charge in [-0.3, -0.25) is 0 Å². The van der Waals surface area contributed by atoms with E-state index in [4.69, 9.17) is 16.2 Å². The maximum Gasteiger partial charge on any atom is 0.416 e. The van der Waals surface area contributed by atoms with Crippen molar-refractivity contribution < 1.29 is 27.4 Å². The van der Waals surface area contributed by atoms with Crippen molar-refractivity contribution in [1.82, 2.24) is 0 Å². The van der Waals surface area contributed by atoms with Crippen molar-refractivity contribution in [2.24, 2.45) is 16.5 Å². The molecule has 0 fully saturated rings. The second kappa shape index (κ2) is 8.93. The van der Waals surface area contributed by atoms with Crippen molar-refractivity contribution >= 4 is 17.4 Å². The van der Waals surface area contributed by atoms with Crippen LogP contribution in [0.15, 0.2) is 59.6 Å². The molecule has 0 unspecified atom stereocenters. The van der Waals surface area contributed by atoms with Gasteiger partial charge in [-0.25, -0.2) is 9.79 Å². The summed E-state index contributed by atoms with van der Waals surface area (Å²) in [6.07, 6.45) is -4.47. The summed E-state index contributed by atoms with van der Waals surface area (Å²) in [5, 5.41) is 0. The lowest BCUT2D eigenvalue weighted by Crippen LogP contribution is -2.26. The highest BCUT2D eigenvalue weighted by atomic mass is 19.4. The van der Waals surface area contributed by atoms with Crippen LogP contribution in [0.1, 0.15) is 18.1 Å². The number of benzene rings is 1. The van der Waals surface area contributed by atoms with Crippen LogP contribution in [0.5, 0.6) is 0 Å². The van der Waals surface area contributed by atoms with E-state index >= 15 is 0 Å². The SMILES string of the molecule is C=C(OCC)C(=C(N)N)/C(=N\C(=C)c1ccc(C(F)(F)F)cc1)C(=O)OC. The normalized spacial score (nSPS) is 11.5. The fourth-order valence-electron chi connectivity index (χ4n) is 2.03. The number of nitrogens with zero attached hydrogens (tertiary/aromatic N) is 1. The van der Waals surface area contributed by atoms with E-state index in [1.54, 1.807) is 6.92 Å². The van der Waals surface area contributed by atoms with Crippen LogP contribution in [0.2, 0.25) is 0 Å². The molecule has 0 amide bonds. The molecule has 1 aromatic carbocycles. The minimum atomic E-state index is -4.47. The van der Waals surface area contributed by atoms with Gasteiger partial charge in [0.1, 0.15) is 11.6 Å². The van der Waals surface area contributed by atoms with Gasteiger partial charge in [-0.05, 0) is 24.6 Å². The van der Waals surface area contributed by atoms with Gasteiger partial charge in [0.2, 0.25) is 0 Å². The molecule has 9 heteroatoms. The summed E-state index contributed by atoms with van der Waals surface area (Å²) in [7, 11) is 1.12. The van der Waals surface area contributed by atoms with Crippen molar-refractivity contribution in [3.8, 4) is 0 Å². The van der Waals surface area contributed by atoms with E-state index in [1.807, 2.05) is 0 Å². The fourth-order valence-corrected chi connectivity index (χ4v) is 2.03. The van der Waals surface area contributed by atoms with E-state index in [0.717, 1.165) is 19.2 Å². The molecule has 0 bridgehead atoms. The first kappa shape index (κ1) is 21.8. The Morgan fingerprint density at radius 1 is 1.19 bits per heavy atom. The Kier molecular flexibility index (Phi) is 7.21. The quantitative estimate of drug-likeness (QED) is 0.326. The van der Waals surface area contributed by atoms with Gasteiger partial charge in [-0.1, -0.05) is 25.3 Å². The van der Waals surface area contributed by atoms with Gasteiger partial charge >= 0.3 is 12.1 Å². The first-order valence-corrected chi connectivity index (χ1v) is 7.64. The van der Waals surface area contributed by atoms with Crippen molar-refractivity contribution in [2.75, 3.05) is 13.7 Å². The van der Waals surface area contributed by atoms with Crippen LogP contribution >= 0.6 is 0 Å². The zero-order valence-corrected chi connectivity index (χ0v) is 14.9. The van der Waals surface area contributed by atoms with Crippen LogP contribution in [0.3, 0.4) is 0 Å². The lowest BCUT2D eigenvalue weighted by atomic mass is 10.1. The van der Waals surface area contributed by atoms with Crippen molar-refractivity contribution in [2.45, 2.75) is 13.1 Å². The van der Waals surface area contributed by atoms with Gasteiger partial charge < -0.3 is 20.9 Å². The van der Waals surface area contributed by atoms with Gasteiger partial charge in [0, 0.05) is 0 Å². The number of aliphatic imine (C=N–C) groups is 1. The standard InChI is InChI=1S/C18H20F3N3O3/c1-5-27-11(3)14(16(22)23)15(17(25)26-4)24-10(2)12-6-8-13(9-7-12)18(19,20)21/h6-9H,2-3,5,22-23H2,1,4H3/b24-15+. The van der Waals surface area contributed by atoms with Crippen molar-refractivity contribution in [3.05, 3.63) is 65.7 Å². The molecule has 27 heavy (non-hydrogen) atoms. The molecular formula is C18H20F3N3O3. The molecule has 0 aromatic heterocycles. The third kappa shape index (κ3) is 5.63. The Labute approximate surface area is 154 Å². The molecule has 146 valence electrons. The van der Waals surface area contributed by atoms with Crippen LogP contribution in [-0.4, -0.2) is 25.4 Å². The van der Waals surface area contributed by atoms with E-state index in [2.05, 4.69) is 22.9 Å². The molecule has 4 N–H and O–H groups in total. The highest BCUT2D eigenvalue weighted by Crippen LogP contribution is 2.30. The summed E-state index contributed by atoms with van der Waals surface area (Å²) in [4.78, 5) is 16.2. The minimum absolute atomic E-state index is 0.00725. The van der Waals surface area contributed by atoms with Crippen LogP contribution in [-0.2, 0) is 20.4 Å². The van der Waals surface area contributed by atoms with E-state index in [-0.39, 0.29) is 40.7 Å². The molecule has 0 saturated carbocycles. The Morgan fingerprint density at radius 2 is 1.74 bits per heavy atom. The predicted octanol–water partition coefficient (Wildman–Crippen LogP) is 2.97. The molecule has 0 radical (unpaired) electrons. The Hall–Kier alpha value is -3.23. The number of halogens is 3. The molecule has 1 rings (SSSR count). The van der Waals surface area contributed by atoms with Gasteiger partial charge in [0.25, 0.3) is 0 Å². The van der Waals surface area contributed by atoms with Gasteiger partial charge in [0.15, 0.2) is 5.71 Å². The minimum Gasteiger partial charge on any atom is -0.494 e. The fraction of sp³-hybridized carbons (Fsp3) is 0.222. The van der Waals surface area contributed by atoms with E-state index in [0.29, 0.717) is 0 Å². The van der Waals surface area contributed by atoms with Crippen LogP contribution < -0.4 is 11.5 Å². The number of rotatable bonds is 7. The number of hydrogen-bond donors (Lipinski definition) is 2. The predicted molar refractivity (Wildman–Crippen MR) is 96.1 cm³/mol. The number of methoxy groups -OCH3 is 1. The number of carbonyl (C=O) groups is 1. The van der Waals surface area contributed by atoms with E-state index < -0.39 is 17.7 Å². The molecule has 0 heterocycles. The Balaban J connectivity index is 3.37. The van der Waals surface area contributed by atoms with Crippen LogP contribution in [0.4, 0.5) is 13.2 Å². The number of esters is 1. The molecule has 0 atom stereocenters. The Morgan fingerprint density at radius 3 is 2.15 bits per heavy atom. The third-order valence-electron chi connectivity index (χ3n) is 3.29. The molecule has 0 aliphatic carbocycles. The lowest BCUT2D eigenvalue weighted by molar-refractivity contribution is -0.137. The zero-order valence-electron chi connectivity index (χ0n) is 14.9. The molecule has 0 aliphatic heterocycles. The largest absolute Gasteiger partial charge is 0.494 e. The average Bonchev–Trinajstić information content (AvgIpc) is 2.59. The highest BCUT2D eigenvalue weighted by molar-refractivity contribution is 6.45. The number of ether oxygens (including phenoxy) is 2. The smallest absolute Gasteiger partial charge is 0.416 e. The molecule has 0 saturated heterocycles.